The van der Waals surface area contributed by atoms with Crippen LogP contribution >= 0.6 is 11.3 Å². The Bertz CT molecular complexity index is 1750. The highest BCUT2D eigenvalue weighted by Crippen LogP contribution is 2.34. The molecule has 0 spiro atoms. The summed E-state index contributed by atoms with van der Waals surface area (Å²) in [4.78, 5) is 24.6. The number of fused-ring (bicyclic) bond motifs is 2. The minimum absolute atomic E-state index is 0.197. The molecule has 3 heterocycles. The lowest BCUT2D eigenvalue weighted by molar-refractivity contribution is -0.118. The molecule has 1 amide bonds. The van der Waals surface area contributed by atoms with Crippen molar-refractivity contribution in [1.82, 2.24) is 19.7 Å². The number of amides is 1. The molecule has 0 saturated carbocycles. The number of anilines is 1. The minimum atomic E-state index is -3.85. The van der Waals surface area contributed by atoms with Gasteiger partial charge >= 0.3 is 0 Å². The van der Waals surface area contributed by atoms with Crippen LogP contribution in [0.15, 0.2) is 66.7 Å². The van der Waals surface area contributed by atoms with Crippen LogP contribution in [0, 0.1) is 11.3 Å². The highest BCUT2D eigenvalue weighted by molar-refractivity contribution is 7.90. The zero-order valence-electron chi connectivity index (χ0n) is 19.3. The number of aromatic amines is 1. The number of nitrogens with zero attached hydrogens (tertiary/aromatic N) is 3. The number of thiazole rings is 1. The SMILES string of the molecule is N#Cc1cc(C[C@H](Nc2nc3ccccc3s2)c2nc3ccccc3[nH]2)ccc1C1CC(=O)NS1(=O)=O. The number of imidazole rings is 1. The van der Waals surface area contributed by atoms with Crippen molar-refractivity contribution in [3.63, 3.8) is 0 Å². The molecule has 1 unspecified atom stereocenters. The number of carbonyl (C=O) groups is 1. The molecule has 1 aliphatic rings. The second-order valence-electron chi connectivity index (χ2n) is 8.82. The van der Waals surface area contributed by atoms with Gasteiger partial charge in [-0.3, -0.25) is 9.52 Å². The quantitative estimate of drug-likeness (QED) is 0.298. The predicted octanol–water partition coefficient (Wildman–Crippen LogP) is 4.33. The van der Waals surface area contributed by atoms with Crippen molar-refractivity contribution in [2.75, 3.05) is 5.32 Å². The molecule has 0 radical (unpaired) electrons. The fourth-order valence-electron chi connectivity index (χ4n) is 4.61. The zero-order valence-corrected chi connectivity index (χ0v) is 20.9. The van der Waals surface area contributed by atoms with Gasteiger partial charge in [-0.15, -0.1) is 0 Å². The second kappa shape index (κ2) is 8.99. The van der Waals surface area contributed by atoms with Gasteiger partial charge in [-0.25, -0.2) is 18.4 Å². The predicted molar refractivity (Wildman–Crippen MR) is 141 cm³/mol. The van der Waals surface area contributed by atoms with E-state index in [0.717, 1.165) is 37.8 Å². The molecule has 0 aliphatic carbocycles. The van der Waals surface area contributed by atoms with E-state index < -0.39 is 21.2 Å². The number of carbonyl (C=O) groups excluding carboxylic acids is 1. The van der Waals surface area contributed by atoms with E-state index in [1.165, 1.54) is 0 Å². The lowest BCUT2D eigenvalue weighted by Crippen LogP contribution is -2.22. The summed E-state index contributed by atoms with van der Waals surface area (Å²) in [5.74, 6) is 0.152. The van der Waals surface area contributed by atoms with Crippen molar-refractivity contribution in [3.8, 4) is 6.07 Å². The fraction of sp³-hybridized carbons (Fsp3) is 0.154. The standard InChI is InChI=1S/C26H20N6O3S2/c27-14-16-11-15(9-10-17(16)23-13-24(33)32-37(23,34)35)12-21(25-28-18-5-1-2-6-19(18)29-25)31-26-30-20-7-3-4-8-22(20)36-26/h1-11,21,23H,12-13H2,(H,28,29)(H,30,31)(H,32,33)/t21-,23?/m0/s1. The van der Waals surface area contributed by atoms with E-state index in [-0.39, 0.29) is 18.0 Å². The average molecular weight is 529 g/mol. The number of sulfonamides is 1. The number of para-hydroxylation sites is 3. The normalized spacial score (nSPS) is 17.5. The fourth-order valence-corrected chi connectivity index (χ4v) is 6.98. The maximum absolute atomic E-state index is 12.4. The van der Waals surface area contributed by atoms with Gasteiger partial charge in [0, 0.05) is 0 Å². The first kappa shape index (κ1) is 23.1. The first-order valence-electron chi connectivity index (χ1n) is 11.5. The van der Waals surface area contributed by atoms with Gasteiger partial charge in [-0.1, -0.05) is 47.7 Å². The summed E-state index contributed by atoms with van der Waals surface area (Å²) in [5.41, 5.74) is 4.01. The molecule has 184 valence electrons. The Labute approximate surface area is 216 Å². The maximum Gasteiger partial charge on any atom is 0.242 e. The summed E-state index contributed by atoms with van der Waals surface area (Å²) in [6, 6.07) is 22.6. The Morgan fingerprint density at radius 2 is 1.86 bits per heavy atom. The topological polar surface area (TPSA) is 141 Å². The number of H-pyrrole nitrogens is 1. The van der Waals surface area contributed by atoms with Crippen molar-refractivity contribution >= 4 is 53.6 Å². The van der Waals surface area contributed by atoms with Gasteiger partial charge in [0.2, 0.25) is 15.9 Å². The third-order valence-electron chi connectivity index (χ3n) is 6.36. The van der Waals surface area contributed by atoms with Crippen molar-refractivity contribution in [1.29, 1.82) is 5.26 Å². The van der Waals surface area contributed by atoms with Gasteiger partial charge in [-0.2, -0.15) is 5.26 Å². The minimum Gasteiger partial charge on any atom is -0.351 e. The molecule has 5 aromatic rings. The summed E-state index contributed by atoms with van der Waals surface area (Å²) in [6.45, 7) is 0. The monoisotopic (exact) mass is 528 g/mol. The number of hydrogen-bond acceptors (Lipinski definition) is 8. The van der Waals surface area contributed by atoms with E-state index in [0.29, 0.717) is 12.0 Å². The van der Waals surface area contributed by atoms with Crippen molar-refractivity contribution < 1.29 is 13.2 Å². The van der Waals surface area contributed by atoms with Gasteiger partial charge in [0.15, 0.2) is 5.13 Å². The molecule has 3 N–H and O–H groups in total. The molecule has 37 heavy (non-hydrogen) atoms. The van der Waals surface area contributed by atoms with E-state index >= 15 is 0 Å². The third-order valence-corrected chi connectivity index (χ3v) is 9.01. The highest BCUT2D eigenvalue weighted by Gasteiger charge is 2.39. The Balaban J connectivity index is 1.36. The first-order valence-corrected chi connectivity index (χ1v) is 13.9. The largest absolute Gasteiger partial charge is 0.351 e. The highest BCUT2D eigenvalue weighted by atomic mass is 32.2. The van der Waals surface area contributed by atoms with Gasteiger partial charge in [0.05, 0.1) is 45.3 Å². The molecule has 6 rings (SSSR count). The van der Waals surface area contributed by atoms with Gasteiger partial charge in [0.1, 0.15) is 11.1 Å². The Morgan fingerprint density at radius 1 is 1.08 bits per heavy atom. The molecule has 1 aliphatic heterocycles. The number of rotatable bonds is 6. The van der Waals surface area contributed by atoms with Crippen molar-refractivity contribution in [2.24, 2.45) is 0 Å². The number of nitriles is 1. The Kier molecular flexibility index (Phi) is 5.62. The van der Waals surface area contributed by atoms with Crippen LogP contribution in [0.1, 0.15) is 40.2 Å². The van der Waals surface area contributed by atoms with Crippen LogP contribution in [0.25, 0.3) is 21.3 Å². The van der Waals surface area contributed by atoms with E-state index in [2.05, 4.69) is 16.4 Å². The smallest absolute Gasteiger partial charge is 0.242 e. The number of nitrogens with one attached hydrogen (secondary N) is 3. The Hall–Kier alpha value is -4.27. The van der Waals surface area contributed by atoms with Gasteiger partial charge in [-0.05, 0) is 47.9 Å². The molecule has 3 aromatic carbocycles. The molecular formula is C26H20N6O3S2. The number of benzene rings is 3. The van der Waals surface area contributed by atoms with E-state index in [1.807, 2.05) is 53.3 Å². The van der Waals surface area contributed by atoms with E-state index in [4.69, 9.17) is 9.97 Å². The summed E-state index contributed by atoms with van der Waals surface area (Å²) in [7, 11) is -3.85. The van der Waals surface area contributed by atoms with Crippen molar-refractivity contribution in [3.05, 3.63) is 89.2 Å². The van der Waals surface area contributed by atoms with Crippen molar-refractivity contribution in [2.45, 2.75) is 24.1 Å². The van der Waals surface area contributed by atoms with Crippen LogP contribution in [0.3, 0.4) is 0 Å². The van der Waals surface area contributed by atoms with E-state index in [1.54, 1.807) is 29.5 Å². The average Bonchev–Trinajstić information content (AvgIpc) is 3.57. The molecule has 1 fully saturated rings. The van der Waals surface area contributed by atoms with Crippen LogP contribution in [0.2, 0.25) is 0 Å². The Morgan fingerprint density at radius 3 is 2.59 bits per heavy atom. The molecule has 0 bridgehead atoms. The first-order chi connectivity index (χ1) is 17.9. The lowest BCUT2D eigenvalue weighted by Gasteiger charge is -2.17. The molecule has 2 aromatic heterocycles. The molecule has 2 atom stereocenters. The van der Waals surface area contributed by atoms with Crippen LogP contribution in [-0.4, -0.2) is 29.3 Å². The molecular weight excluding hydrogens is 508 g/mol. The summed E-state index contributed by atoms with van der Waals surface area (Å²) < 4.78 is 27.8. The van der Waals surface area contributed by atoms with Crippen LogP contribution < -0.4 is 10.0 Å². The van der Waals surface area contributed by atoms with Crippen LogP contribution in [0.4, 0.5) is 5.13 Å². The second-order valence-corrected chi connectivity index (χ2v) is 11.7. The molecule has 9 nitrogen and oxygen atoms in total. The summed E-state index contributed by atoms with van der Waals surface area (Å²) >= 11 is 1.54. The zero-order chi connectivity index (χ0) is 25.6. The number of aromatic nitrogens is 3. The third kappa shape index (κ3) is 4.41. The maximum atomic E-state index is 12.4. The van der Waals surface area contributed by atoms with Crippen LogP contribution in [0.5, 0.6) is 0 Å². The lowest BCUT2D eigenvalue weighted by atomic mass is 9.97. The molecule has 11 heteroatoms. The van der Waals surface area contributed by atoms with Crippen LogP contribution in [-0.2, 0) is 21.2 Å². The molecule has 1 saturated heterocycles. The van der Waals surface area contributed by atoms with Gasteiger partial charge < -0.3 is 10.3 Å². The van der Waals surface area contributed by atoms with E-state index in [9.17, 15) is 18.5 Å². The van der Waals surface area contributed by atoms with Gasteiger partial charge in [0.25, 0.3) is 0 Å². The number of hydrogen-bond donors (Lipinski definition) is 3. The summed E-state index contributed by atoms with van der Waals surface area (Å²) in [5, 5.41) is 13.0. The summed E-state index contributed by atoms with van der Waals surface area (Å²) in [6.07, 6.45) is 0.260.